The molecule has 0 saturated carbocycles. The highest BCUT2D eigenvalue weighted by atomic mass is 16.4. The first-order valence-electron chi connectivity index (χ1n) is 3.96. The number of nitrogens with two attached hydrogens (primary N) is 1. The van der Waals surface area contributed by atoms with Crippen molar-refractivity contribution in [1.82, 2.24) is 0 Å². The van der Waals surface area contributed by atoms with Crippen LogP contribution >= 0.6 is 0 Å². The number of carbonyl (C=O) groups is 1. The van der Waals surface area contributed by atoms with Gasteiger partial charge in [-0.25, -0.2) is 0 Å². The molecule has 5 N–H and O–H groups in total. The molecule has 0 aromatic heterocycles. The molecule has 0 aliphatic carbocycles. The Hall–Kier alpha value is -0.910. The minimum Gasteiger partial charge on any atom is -0.480 e. The zero-order valence-corrected chi connectivity index (χ0v) is 7.42. The molecule has 0 heterocycles. The molecule has 0 aromatic rings. The number of aliphatic hydroxyl groups is 2. The zero-order valence-electron chi connectivity index (χ0n) is 7.42. The van der Waals surface area contributed by atoms with Crippen LogP contribution in [-0.4, -0.2) is 39.5 Å². The molecule has 0 rings (SSSR count). The Morgan fingerprint density at radius 1 is 1.54 bits per heavy atom. The average Bonchev–Trinajstić information content (AvgIpc) is 2.11. The van der Waals surface area contributed by atoms with Crippen LogP contribution in [0.5, 0.6) is 0 Å². The summed E-state index contributed by atoms with van der Waals surface area (Å²) < 4.78 is 0. The van der Waals surface area contributed by atoms with Crippen LogP contribution in [0.3, 0.4) is 0 Å². The van der Waals surface area contributed by atoms with Crippen molar-refractivity contribution in [2.75, 3.05) is 0 Å². The summed E-state index contributed by atoms with van der Waals surface area (Å²) in [5.74, 6) is -1.33. The van der Waals surface area contributed by atoms with Crippen molar-refractivity contribution < 1.29 is 20.1 Å². The number of hydrogen-bond acceptors (Lipinski definition) is 4. The van der Waals surface area contributed by atoms with E-state index in [1.165, 1.54) is 0 Å². The van der Waals surface area contributed by atoms with Crippen LogP contribution in [0.1, 0.15) is 13.3 Å². The van der Waals surface area contributed by atoms with Gasteiger partial charge in [0.1, 0.15) is 12.1 Å². The SMILES string of the molecule is C/C=C/CC(O)C(O)C(N)C(=O)O. The molecule has 76 valence electrons. The second-order valence-corrected chi connectivity index (χ2v) is 2.73. The highest BCUT2D eigenvalue weighted by Gasteiger charge is 2.27. The van der Waals surface area contributed by atoms with Gasteiger partial charge in [0.2, 0.25) is 0 Å². The van der Waals surface area contributed by atoms with E-state index in [9.17, 15) is 15.0 Å². The fraction of sp³-hybridized carbons (Fsp3) is 0.625. The van der Waals surface area contributed by atoms with Crippen molar-refractivity contribution in [1.29, 1.82) is 0 Å². The number of aliphatic carboxylic acids is 1. The Morgan fingerprint density at radius 2 is 2.08 bits per heavy atom. The Kier molecular flexibility index (Phi) is 5.29. The second-order valence-electron chi connectivity index (χ2n) is 2.73. The first-order chi connectivity index (χ1) is 6.00. The van der Waals surface area contributed by atoms with E-state index in [2.05, 4.69) is 0 Å². The summed E-state index contributed by atoms with van der Waals surface area (Å²) in [4.78, 5) is 10.3. The third-order valence-corrected chi connectivity index (χ3v) is 1.66. The Morgan fingerprint density at radius 3 is 2.46 bits per heavy atom. The molecule has 0 fully saturated rings. The minimum absolute atomic E-state index is 0.193. The Labute approximate surface area is 76.5 Å². The molecular formula is C8H15NO4. The minimum atomic E-state index is -1.44. The molecule has 5 heteroatoms. The van der Waals surface area contributed by atoms with Crippen molar-refractivity contribution in [2.45, 2.75) is 31.6 Å². The summed E-state index contributed by atoms with van der Waals surface area (Å²) in [5.41, 5.74) is 5.10. The lowest BCUT2D eigenvalue weighted by Crippen LogP contribution is -2.47. The van der Waals surface area contributed by atoms with Gasteiger partial charge in [-0.1, -0.05) is 12.2 Å². The summed E-state index contributed by atoms with van der Waals surface area (Å²) in [6.07, 6.45) is 0.944. The van der Waals surface area contributed by atoms with Gasteiger partial charge >= 0.3 is 5.97 Å². The van der Waals surface area contributed by atoms with Gasteiger partial charge in [0.15, 0.2) is 0 Å². The van der Waals surface area contributed by atoms with Gasteiger partial charge in [0.25, 0.3) is 0 Å². The molecule has 0 aliphatic heterocycles. The predicted octanol–water partition coefficient (Wildman–Crippen LogP) is -0.914. The number of rotatable bonds is 5. The Balaban J connectivity index is 4.08. The van der Waals surface area contributed by atoms with Gasteiger partial charge in [0.05, 0.1) is 6.10 Å². The molecular weight excluding hydrogens is 174 g/mol. The molecule has 3 unspecified atom stereocenters. The summed E-state index contributed by atoms with van der Waals surface area (Å²) in [6, 6.07) is -1.44. The largest absolute Gasteiger partial charge is 0.480 e. The lowest BCUT2D eigenvalue weighted by atomic mass is 10.0. The number of aliphatic hydroxyl groups excluding tert-OH is 2. The van der Waals surface area contributed by atoms with E-state index in [1.807, 2.05) is 0 Å². The highest BCUT2D eigenvalue weighted by Crippen LogP contribution is 2.03. The van der Waals surface area contributed by atoms with Gasteiger partial charge in [0, 0.05) is 0 Å². The third-order valence-electron chi connectivity index (χ3n) is 1.66. The fourth-order valence-corrected chi connectivity index (χ4v) is 0.800. The second kappa shape index (κ2) is 5.69. The maximum absolute atomic E-state index is 10.3. The van der Waals surface area contributed by atoms with E-state index < -0.39 is 24.2 Å². The van der Waals surface area contributed by atoms with E-state index in [0.717, 1.165) is 0 Å². The molecule has 0 saturated heterocycles. The van der Waals surface area contributed by atoms with Crippen LogP contribution in [0.4, 0.5) is 0 Å². The van der Waals surface area contributed by atoms with Gasteiger partial charge in [-0.3, -0.25) is 4.79 Å². The molecule has 0 radical (unpaired) electrons. The van der Waals surface area contributed by atoms with Gasteiger partial charge < -0.3 is 21.1 Å². The zero-order chi connectivity index (χ0) is 10.4. The van der Waals surface area contributed by atoms with Crippen molar-refractivity contribution in [2.24, 2.45) is 5.73 Å². The predicted molar refractivity (Wildman–Crippen MR) is 47.1 cm³/mol. The topological polar surface area (TPSA) is 104 Å². The molecule has 0 spiro atoms. The monoisotopic (exact) mass is 189 g/mol. The number of carboxylic acids is 1. The summed E-state index contributed by atoms with van der Waals surface area (Å²) in [6.45, 7) is 1.76. The van der Waals surface area contributed by atoms with Crippen LogP contribution in [0.25, 0.3) is 0 Å². The third kappa shape index (κ3) is 4.02. The highest BCUT2D eigenvalue weighted by molar-refractivity contribution is 5.73. The van der Waals surface area contributed by atoms with Gasteiger partial charge in [-0.2, -0.15) is 0 Å². The number of hydrogen-bond donors (Lipinski definition) is 4. The van der Waals surface area contributed by atoms with Gasteiger partial charge in [-0.15, -0.1) is 0 Å². The van der Waals surface area contributed by atoms with Crippen molar-refractivity contribution in [3.05, 3.63) is 12.2 Å². The van der Waals surface area contributed by atoms with Crippen LogP contribution < -0.4 is 5.73 Å². The quantitative estimate of drug-likeness (QED) is 0.419. The maximum Gasteiger partial charge on any atom is 0.323 e. The summed E-state index contributed by atoms with van der Waals surface area (Å²) >= 11 is 0. The van der Waals surface area contributed by atoms with Gasteiger partial charge in [-0.05, 0) is 13.3 Å². The van der Waals surface area contributed by atoms with Crippen LogP contribution in [0, 0.1) is 0 Å². The standard InChI is InChI=1S/C8H15NO4/c1-2-3-4-5(10)7(11)6(9)8(12)13/h2-3,5-7,10-11H,4,9H2,1H3,(H,12,13)/b3-2+. The average molecular weight is 189 g/mol. The molecule has 0 amide bonds. The fourth-order valence-electron chi connectivity index (χ4n) is 0.800. The molecule has 0 aliphatic rings. The van der Waals surface area contributed by atoms with E-state index in [0.29, 0.717) is 0 Å². The first-order valence-corrected chi connectivity index (χ1v) is 3.96. The van der Waals surface area contributed by atoms with Crippen molar-refractivity contribution >= 4 is 5.97 Å². The Bertz CT molecular complexity index is 193. The van der Waals surface area contributed by atoms with Crippen LogP contribution in [0.15, 0.2) is 12.2 Å². The maximum atomic E-state index is 10.3. The summed E-state index contributed by atoms with van der Waals surface area (Å²) in [5, 5.41) is 26.8. The lowest BCUT2D eigenvalue weighted by molar-refractivity contribution is -0.143. The first kappa shape index (κ1) is 12.1. The van der Waals surface area contributed by atoms with E-state index in [4.69, 9.17) is 10.8 Å². The molecule has 0 bridgehead atoms. The molecule has 0 aromatic carbocycles. The van der Waals surface area contributed by atoms with E-state index in [-0.39, 0.29) is 6.42 Å². The van der Waals surface area contributed by atoms with E-state index in [1.54, 1.807) is 19.1 Å². The van der Waals surface area contributed by atoms with E-state index >= 15 is 0 Å². The normalized spacial score (nSPS) is 18.5. The van der Waals surface area contributed by atoms with Crippen molar-refractivity contribution in [3.63, 3.8) is 0 Å². The molecule has 3 atom stereocenters. The summed E-state index contributed by atoms with van der Waals surface area (Å²) in [7, 11) is 0. The van der Waals surface area contributed by atoms with Crippen LogP contribution in [-0.2, 0) is 4.79 Å². The van der Waals surface area contributed by atoms with Crippen LogP contribution in [0.2, 0.25) is 0 Å². The smallest absolute Gasteiger partial charge is 0.323 e. The molecule has 13 heavy (non-hydrogen) atoms. The number of allylic oxidation sites excluding steroid dienone is 1. The van der Waals surface area contributed by atoms with Crippen molar-refractivity contribution in [3.8, 4) is 0 Å². The lowest BCUT2D eigenvalue weighted by Gasteiger charge is -2.19. The number of carboxylic acid groups (broad SMARTS) is 1. The molecule has 5 nitrogen and oxygen atoms in total.